The van der Waals surface area contributed by atoms with Crippen LogP contribution in [0.15, 0.2) is 18.2 Å². The molecule has 1 fully saturated rings. The Bertz CT molecular complexity index is 426. The number of urea groups is 1. The fourth-order valence-corrected chi connectivity index (χ4v) is 2.39. The number of halogens is 1. The average Bonchev–Trinajstić information content (AvgIpc) is 2.63. The minimum absolute atomic E-state index is 0.0376. The van der Waals surface area contributed by atoms with Gasteiger partial charge in [-0.2, -0.15) is 0 Å². The molecule has 0 unspecified atom stereocenters. The zero-order valence-electron chi connectivity index (χ0n) is 10.7. The highest BCUT2D eigenvalue weighted by Gasteiger charge is 2.16. The average molecular weight is 267 g/mol. The predicted octanol–water partition coefficient (Wildman–Crippen LogP) is 4.06. The van der Waals surface area contributed by atoms with Crippen molar-refractivity contribution in [2.24, 2.45) is 0 Å². The smallest absolute Gasteiger partial charge is 0.321 e. The Hall–Kier alpha value is -1.22. The molecule has 18 heavy (non-hydrogen) atoms. The first kappa shape index (κ1) is 13.2. The Labute approximate surface area is 113 Å². The number of benzene rings is 1. The van der Waals surface area contributed by atoms with Gasteiger partial charge in [0.05, 0.1) is 10.7 Å². The third-order valence-electron chi connectivity index (χ3n) is 3.33. The molecule has 1 aromatic rings. The summed E-state index contributed by atoms with van der Waals surface area (Å²) in [7, 11) is 0. The van der Waals surface area contributed by atoms with E-state index in [2.05, 4.69) is 5.32 Å². The summed E-state index contributed by atoms with van der Waals surface area (Å²) in [6.07, 6.45) is 4.62. The van der Waals surface area contributed by atoms with Gasteiger partial charge in [0.15, 0.2) is 0 Å². The Balaban J connectivity index is 2.03. The molecule has 1 aliphatic heterocycles. The van der Waals surface area contributed by atoms with Gasteiger partial charge in [0, 0.05) is 13.1 Å². The van der Waals surface area contributed by atoms with Gasteiger partial charge in [0.2, 0.25) is 0 Å². The lowest BCUT2D eigenvalue weighted by atomic mass is 10.2. The highest BCUT2D eigenvalue weighted by Crippen LogP contribution is 2.25. The lowest BCUT2D eigenvalue weighted by Gasteiger charge is -2.21. The van der Waals surface area contributed by atoms with Crippen molar-refractivity contribution in [2.45, 2.75) is 32.6 Å². The van der Waals surface area contributed by atoms with Crippen molar-refractivity contribution in [3.05, 3.63) is 28.8 Å². The number of carbonyl (C=O) groups is 1. The van der Waals surface area contributed by atoms with Gasteiger partial charge in [-0.15, -0.1) is 0 Å². The summed E-state index contributed by atoms with van der Waals surface area (Å²) in [5.41, 5.74) is 1.68. The molecule has 0 radical (unpaired) electrons. The first-order chi connectivity index (χ1) is 8.68. The molecule has 4 heteroatoms. The molecular weight excluding hydrogens is 248 g/mol. The molecule has 0 aliphatic carbocycles. The van der Waals surface area contributed by atoms with Gasteiger partial charge in [0.1, 0.15) is 0 Å². The number of likely N-dealkylation sites (tertiary alicyclic amines) is 1. The van der Waals surface area contributed by atoms with Gasteiger partial charge < -0.3 is 10.2 Å². The van der Waals surface area contributed by atoms with E-state index in [1.165, 1.54) is 12.8 Å². The maximum Gasteiger partial charge on any atom is 0.321 e. The second kappa shape index (κ2) is 6.10. The van der Waals surface area contributed by atoms with Crippen LogP contribution in [0, 0.1) is 6.92 Å². The zero-order valence-corrected chi connectivity index (χ0v) is 11.5. The first-order valence-corrected chi connectivity index (χ1v) is 6.87. The van der Waals surface area contributed by atoms with Gasteiger partial charge >= 0.3 is 6.03 Å². The summed E-state index contributed by atoms with van der Waals surface area (Å²) >= 11 is 6.18. The van der Waals surface area contributed by atoms with Crippen LogP contribution in [-0.4, -0.2) is 24.0 Å². The second-order valence-electron chi connectivity index (χ2n) is 4.77. The highest BCUT2D eigenvalue weighted by atomic mass is 35.5. The molecule has 0 spiro atoms. The number of nitrogens with one attached hydrogen (secondary N) is 1. The number of hydrogen-bond acceptors (Lipinski definition) is 1. The summed E-state index contributed by atoms with van der Waals surface area (Å²) in [6.45, 7) is 3.62. The van der Waals surface area contributed by atoms with Gasteiger partial charge in [-0.1, -0.05) is 36.6 Å². The van der Waals surface area contributed by atoms with Crippen LogP contribution in [0.5, 0.6) is 0 Å². The molecular formula is C14H19ClN2O. The third kappa shape index (κ3) is 3.16. The van der Waals surface area contributed by atoms with Crippen molar-refractivity contribution >= 4 is 23.3 Å². The molecule has 1 saturated heterocycles. The van der Waals surface area contributed by atoms with Gasteiger partial charge in [-0.3, -0.25) is 0 Å². The monoisotopic (exact) mass is 266 g/mol. The largest absolute Gasteiger partial charge is 0.325 e. The topological polar surface area (TPSA) is 32.3 Å². The van der Waals surface area contributed by atoms with Crippen LogP contribution in [0.4, 0.5) is 10.5 Å². The molecule has 1 N–H and O–H groups in total. The first-order valence-electron chi connectivity index (χ1n) is 6.49. The molecule has 0 atom stereocenters. The molecule has 98 valence electrons. The van der Waals surface area contributed by atoms with Crippen LogP contribution >= 0.6 is 11.6 Å². The van der Waals surface area contributed by atoms with Crippen LogP contribution in [-0.2, 0) is 0 Å². The molecule has 0 bridgehead atoms. The number of anilines is 1. The van der Waals surface area contributed by atoms with E-state index in [1.807, 2.05) is 30.0 Å². The Morgan fingerprint density at radius 1 is 1.22 bits per heavy atom. The summed E-state index contributed by atoms with van der Waals surface area (Å²) in [5, 5.41) is 3.53. The van der Waals surface area contributed by atoms with E-state index in [-0.39, 0.29) is 6.03 Å². The van der Waals surface area contributed by atoms with Gasteiger partial charge in [-0.25, -0.2) is 4.79 Å². The fourth-order valence-electron chi connectivity index (χ4n) is 2.21. The molecule has 2 rings (SSSR count). The maximum absolute atomic E-state index is 12.1. The van der Waals surface area contributed by atoms with Crippen molar-refractivity contribution < 1.29 is 4.79 Å². The Kier molecular flexibility index (Phi) is 4.48. The van der Waals surface area contributed by atoms with Crippen molar-refractivity contribution in [3.63, 3.8) is 0 Å². The van der Waals surface area contributed by atoms with E-state index >= 15 is 0 Å². The molecule has 2 amide bonds. The molecule has 1 heterocycles. The van der Waals surface area contributed by atoms with E-state index in [9.17, 15) is 4.79 Å². The number of rotatable bonds is 1. The minimum Gasteiger partial charge on any atom is -0.325 e. The van der Waals surface area contributed by atoms with E-state index < -0.39 is 0 Å². The van der Waals surface area contributed by atoms with Crippen LogP contribution in [0.25, 0.3) is 0 Å². The minimum atomic E-state index is -0.0376. The standard InChI is InChI=1S/C14H19ClN2O/c1-11-7-6-8-12(13(11)15)16-14(18)17-9-4-2-3-5-10-17/h6-8H,2-5,9-10H2,1H3,(H,16,18). The predicted molar refractivity (Wildman–Crippen MR) is 75.2 cm³/mol. The normalized spacial score (nSPS) is 16.2. The maximum atomic E-state index is 12.1. The van der Waals surface area contributed by atoms with Gasteiger partial charge in [0.25, 0.3) is 0 Å². The summed E-state index contributed by atoms with van der Waals surface area (Å²) in [4.78, 5) is 14.0. The SMILES string of the molecule is Cc1cccc(NC(=O)N2CCCCCC2)c1Cl. The highest BCUT2D eigenvalue weighted by molar-refractivity contribution is 6.34. The van der Waals surface area contributed by atoms with E-state index in [1.54, 1.807) is 0 Å². The number of aryl methyl sites for hydroxylation is 1. The molecule has 0 aromatic heterocycles. The van der Waals surface area contributed by atoms with E-state index in [0.717, 1.165) is 31.5 Å². The Morgan fingerprint density at radius 2 is 1.89 bits per heavy atom. The van der Waals surface area contributed by atoms with Crippen LogP contribution < -0.4 is 5.32 Å². The molecule has 3 nitrogen and oxygen atoms in total. The second-order valence-corrected chi connectivity index (χ2v) is 5.15. The summed E-state index contributed by atoms with van der Waals surface area (Å²) in [6, 6.07) is 5.64. The zero-order chi connectivity index (χ0) is 13.0. The summed E-state index contributed by atoms with van der Waals surface area (Å²) in [5.74, 6) is 0. The summed E-state index contributed by atoms with van der Waals surface area (Å²) < 4.78 is 0. The van der Waals surface area contributed by atoms with Crippen molar-refractivity contribution in [1.82, 2.24) is 4.90 Å². The number of hydrogen-bond donors (Lipinski definition) is 1. The number of carbonyl (C=O) groups excluding carboxylic acids is 1. The van der Waals surface area contributed by atoms with E-state index in [4.69, 9.17) is 11.6 Å². The van der Waals surface area contributed by atoms with Gasteiger partial charge in [-0.05, 0) is 31.4 Å². The molecule has 0 saturated carbocycles. The third-order valence-corrected chi connectivity index (χ3v) is 3.83. The number of nitrogens with zero attached hydrogens (tertiary/aromatic N) is 1. The lowest BCUT2D eigenvalue weighted by Crippen LogP contribution is -2.35. The molecule has 1 aromatic carbocycles. The fraction of sp³-hybridized carbons (Fsp3) is 0.500. The van der Waals surface area contributed by atoms with Crippen molar-refractivity contribution in [3.8, 4) is 0 Å². The van der Waals surface area contributed by atoms with Crippen molar-refractivity contribution in [1.29, 1.82) is 0 Å². The Morgan fingerprint density at radius 3 is 2.56 bits per heavy atom. The number of amides is 2. The van der Waals surface area contributed by atoms with Crippen LogP contribution in [0.1, 0.15) is 31.2 Å². The van der Waals surface area contributed by atoms with Crippen LogP contribution in [0.3, 0.4) is 0 Å². The quantitative estimate of drug-likeness (QED) is 0.817. The molecule has 1 aliphatic rings. The lowest BCUT2D eigenvalue weighted by molar-refractivity contribution is 0.214. The van der Waals surface area contributed by atoms with Crippen LogP contribution in [0.2, 0.25) is 5.02 Å². The van der Waals surface area contributed by atoms with Crippen molar-refractivity contribution in [2.75, 3.05) is 18.4 Å². The van der Waals surface area contributed by atoms with E-state index in [0.29, 0.717) is 10.7 Å².